The Bertz CT molecular complexity index is 1080. The molecule has 0 saturated carbocycles. The lowest BCUT2D eigenvalue weighted by Gasteiger charge is -2.38. The van der Waals surface area contributed by atoms with E-state index in [1.807, 2.05) is 34.4 Å². The van der Waals surface area contributed by atoms with E-state index < -0.39 is 0 Å². The van der Waals surface area contributed by atoms with Crippen molar-refractivity contribution in [3.05, 3.63) is 82.0 Å². The van der Waals surface area contributed by atoms with Gasteiger partial charge in [-0.2, -0.15) is 0 Å². The molecule has 2 aromatic carbocycles. The molecular formula is C26H30N4O2S. The van der Waals surface area contributed by atoms with Gasteiger partial charge < -0.3 is 20.2 Å². The molecule has 1 fully saturated rings. The number of carbonyl (C=O) groups excluding carboxylic acids is 1. The number of phenolic OH excluding ortho intramolecular Hbond substituents is 1. The maximum atomic E-state index is 13.0. The number of piperazine rings is 1. The van der Waals surface area contributed by atoms with E-state index in [0.29, 0.717) is 19.6 Å². The number of fused-ring (bicyclic) bond motifs is 1. The van der Waals surface area contributed by atoms with Crippen molar-refractivity contribution in [3.63, 3.8) is 0 Å². The molecule has 2 amide bonds. The smallest absolute Gasteiger partial charge is 0.317 e. The van der Waals surface area contributed by atoms with Gasteiger partial charge >= 0.3 is 6.03 Å². The number of phenols is 1. The molecule has 1 aromatic heterocycles. The molecule has 0 radical (unpaired) electrons. The number of carbonyl (C=O) groups is 1. The molecule has 2 N–H and O–H groups in total. The lowest BCUT2D eigenvalue weighted by atomic mass is 10.0. The van der Waals surface area contributed by atoms with Crippen LogP contribution >= 0.6 is 11.3 Å². The Kier molecular flexibility index (Phi) is 6.51. The minimum atomic E-state index is -0.000258. The summed E-state index contributed by atoms with van der Waals surface area (Å²) >= 11 is 1.85. The predicted molar refractivity (Wildman–Crippen MR) is 133 cm³/mol. The zero-order valence-corrected chi connectivity index (χ0v) is 19.5. The third-order valence-electron chi connectivity index (χ3n) is 6.67. The number of urea groups is 1. The van der Waals surface area contributed by atoms with E-state index in [0.717, 1.165) is 38.3 Å². The Labute approximate surface area is 199 Å². The van der Waals surface area contributed by atoms with Gasteiger partial charge in [-0.15, -0.1) is 11.3 Å². The third kappa shape index (κ3) is 4.99. The maximum Gasteiger partial charge on any atom is 0.317 e. The van der Waals surface area contributed by atoms with Crippen LogP contribution in [0.15, 0.2) is 66.0 Å². The number of aromatic hydroxyl groups is 1. The van der Waals surface area contributed by atoms with E-state index in [1.54, 1.807) is 12.1 Å². The second-order valence-electron chi connectivity index (χ2n) is 8.70. The normalized spacial score (nSPS) is 17.5. The molecular weight excluding hydrogens is 432 g/mol. The molecule has 6 nitrogen and oxygen atoms in total. The van der Waals surface area contributed by atoms with Crippen LogP contribution in [0.5, 0.6) is 5.75 Å². The van der Waals surface area contributed by atoms with Crippen LogP contribution in [0.4, 0.5) is 10.5 Å². The summed E-state index contributed by atoms with van der Waals surface area (Å²) in [6, 6.07) is 20.2. The van der Waals surface area contributed by atoms with Crippen LogP contribution in [0, 0.1) is 0 Å². The fourth-order valence-corrected chi connectivity index (χ4v) is 5.71. The molecule has 0 bridgehead atoms. The molecule has 33 heavy (non-hydrogen) atoms. The maximum absolute atomic E-state index is 13.0. The van der Waals surface area contributed by atoms with Crippen molar-refractivity contribution in [1.29, 1.82) is 0 Å². The summed E-state index contributed by atoms with van der Waals surface area (Å²) in [4.78, 5) is 21.1. The van der Waals surface area contributed by atoms with Crippen LogP contribution in [0.3, 0.4) is 0 Å². The van der Waals surface area contributed by atoms with E-state index in [1.165, 1.54) is 16.0 Å². The topological polar surface area (TPSA) is 59.1 Å². The highest BCUT2D eigenvalue weighted by molar-refractivity contribution is 7.10. The van der Waals surface area contributed by atoms with Gasteiger partial charge in [0, 0.05) is 62.4 Å². The summed E-state index contributed by atoms with van der Waals surface area (Å²) in [5.41, 5.74) is 3.66. The van der Waals surface area contributed by atoms with E-state index >= 15 is 0 Å². The summed E-state index contributed by atoms with van der Waals surface area (Å²) in [5, 5.41) is 15.1. The highest BCUT2D eigenvalue weighted by Crippen LogP contribution is 2.30. The number of anilines is 1. The molecule has 1 atom stereocenters. The Morgan fingerprint density at radius 2 is 1.82 bits per heavy atom. The molecule has 0 spiro atoms. The molecule has 3 heterocycles. The lowest BCUT2D eigenvalue weighted by molar-refractivity contribution is 0.164. The predicted octanol–water partition coefficient (Wildman–Crippen LogP) is 4.08. The quantitative estimate of drug-likeness (QED) is 0.600. The van der Waals surface area contributed by atoms with E-state index in [-0.39, 0.29) is 17.8 Å². The molecule has 2 aliphatic heterocycles. The van der Waals surface area contributed by atoms with Gasteiger partial charge in [0.1, 0.15) is 5.75 Å². The molecule has 0 aliphatic carbocycles. The largest absolute Gasteiger partial charge is 0.508 e. The number of benzene rings is 2. The first-order valence-electron chi connectivity index (χ1n) is 11.6. The molecule has 7 heteroatoms. The average molecular weight is 463 g/mol. The van der Waals surface area contributed by atoms with E-state index in [9.17, 15) is 9.90 Å². The van der Waals surface area contributed by atoms with Crippen molar-refractivity contribution < 1.29 is 9.90 Å². The zero-order chi connectivity index (χ0) is 22.6. The van der Waals surface area contributed by atoms with Crippen LogP contribution in [-0.4, -0.2) is 60.2 Å². The highest BCUT2D eigenvalue weighted by atomic mass is 32.1. The highest BCUT2D eigenvalue weighted by Gasteiger charge is 2.27. The Balaban J connectivity index is 1.20. The number of hydrogen-bond acceptors (Lipinski definition) is 5. The van der Waals surface area contributed by atoms with Gasteiger partial charge in [-0.1, -0.05) is 36.4 Å². The lowest BCUT2D eigenvalue weighted by Crippen LogP contribution is -2.53. The fraction of sp³-hybridized carbons (Fsp3) is 0.346. The molecule has 172 valence electrons. The average Bonchev–Trinajstić information content (AvgIpc) is 3.33. The number of nitrogens with zero attached hydrogens (tertiary/aromatic N) is 3. The standard InChI is InChI=1S/C26H30N4O2S/c31-23-8-4-7-22(17-23)28-12-14-29(15-13-28)26(32)27-18-24(20-5-2-1-3-6-20)30-11-9-25-21(19-30)10-16-33-25/h1-8,10,16-17,24,31H,9,11-15,18-19H2,(H,27,32). The van der Waals surface area contributed by atoms with Crippen LogP contribution in [0.1, 0.15) is 22.0 Å². The van der Waals surface area contributed by atoms with E-state index in [2.05, 4.69) is 50.8 Å². The number of amides is 2. The molecule has 5 rings (SSSR count). The summed E-state index contributed by atoms with van der Waals surface area (Å²) in [5.74, 6) is 0.270. The van der Waals surface area contributed by atoms with Crippen molar-refractivity contribution in [1.82, 2.24) is 15.1 Å². The molecule has 1 saturated heterocycles. The summed E-state index contributed by atoms with van der Waals surface area (Å²) in [6.07, 6.45) is 1.07. The third-order valence-corrected chi connectivity index (χ3v) is 7.69. The molecule has 1 unspecified atom stereocenters. The van der Waals surface area contributed by atoms with Crippen molar-refractivity contribution in [2.24, 2.45) is 0 Å². The van der Waals surface area contributed by atoms with E-state index in [4.69, 9.17) is 0 Å². The van der Waals surface area contributed by atoms with Gasteiger partial charge in [-0.25, -0.2) is 4.79 Å². The first-order chi connectivity index (χ1) is 16.2. The van der Waals surface area contributed by atoms with Gasteiger partial charge in [0.2, 0.25) is 0 Å². The van der Waals surface area contributed by atoms with Crippen LogP contribution in [-0.2, 0) is 13.0 Å². The Morgan fingerprint density at radius 3 is 2.61 bits per heavy atom. The van der Waals surface area contributed by atoms with Gasteiger partial charge in [-0.3, -0.25) is 4.90 Å². The molecule has 3 aromatic rings. The van der Waals surface area contributed by atoms with Crippen LogP contribution in [0.2, 0.25) is 0 Å². The number of thiophene rings is 1. The summed E-state index contributed by atoms with van der Waals surface area (Å²) < 4.78 is 0. The Morgan fingerprint density at radius 1 is 1.00 bits per heavy atom. The van der Waals surface area contributed by atoms with Gasteiger partial charge in [-0.05, 0) is 41.1 Å². The van der Waals surface area contributed by atoms with Crippen molar-refractivity contribution in [2.75, 3.05) is 44.2 Å². The number of hydrogen-bond donors (Lipinski definition) is 2. The van der Waals surface area contributed by atoms with Crippen molar-refractivity contribution >= 4 is 23.1 Å². The summed E-state index contributed by atoms with van der Waals surface area (Å²) in [7, 11) is 0. The van der Waals surface area contributed by atoms with Crippen molar-refractivity contribution in [3.8, 4) is 5.75 Å². The van der Waals surface area contributed by atoms with Crippen LogP contribution in [0.25, 0.3) is 0 Å². The molecule has 2 aliphatic rings. The van der Waals surface area contributed by atoms with Crippen LogP contribution < -0.4 is 10.2 Å². The van der Waals surface area contributed by atoms with Gasteiger partial charge in [0.05, 0.1) is 6.04 Å². The summed E-state index contributed by atoms with van der Waals surface area (Å²) in [6.45, 7) is 5.37. The minimum absolute atomic E-state index is 0.000258. The Hall–Kier alpha value is -3.03. The van der Waals surface area contributed by atoms with Crippen molar-refractivity contribution in [2.45, 2.75) is 19.0 Å². The van der Waals surface area contributed by atoms with Gasteiger partial charge in [0.15, 0.2) is 0 Å². The first kappa shape index (κ1) is 21.8. The fourth-order valence-electron chi connectivity index (χ4n) is 4.82. The second-order valence-corrected chi connectivity index (χ2v) is 9.70. The minimum Gasteiger partial charge on any atom is -0.508 e. The zero-order valence-electron chi connectivity index (χ0n) is 18.7. The first-order valence-corrected chi connectivity index (χ1v) is 12.5. The number of nitrogens with one attached hydrogen (secondary N) is 1. The van der Waals surface area contributed by atoms with Gasteiger partial charge in [0.25, 0.3) is 0 Å². The second kappa shape index (κ2) is 9.85. The monoisotopic (exact) mass is 462 g/mol. The SMILES string of the molecule is O=C(NCC(c1ccccc1)N1CCc2sccc2C1)N1CCN(c2cccc(O)c2)CC1. The number of rotatable bonds is 5.